The van der Waals surface area contributed by atoms with E-state index in [2.05, 4.69) is 10.1 Å². The van der Waals surface area contributed by atoms with Crippen LogP contribution in [0.4, 0.5) is 0 Å². The van der Waals surface area contributed by atoms with Crippen molar-refractivity contribution in [3.63, 3.8) is 0 Å². The molecule has 0 aliphatic carbocycles. The van der Waals surface area contributed by atoms with Gasteiger partial charge in [0.05, 0.1) is 6.61 Å². The summed E-state index contributed by atoms with van der Waals surface area (Å²) in [5.74, 6) is -0.406. The summed E-state index contributed by atoms with van der Waals surface area (Å²) in [6, 6.07) is 7.06. The molecule has 0 aliphatic rings. The lowest BCUT2D eigenvalue weighted by atomic mass is 9.99. The molecule has 0 N–H and O–H groups in total. The van der Waals surface area contributed by atoms with Crippen LogP contribution in [0.25, 0.3) is 0 Å². The fraction of sp³-hybridized carbons (Fsp3) is 0.400. The van der Waals surface area contributed by atoms with Crippen molar-refractivity contribution >= 4 is 17.6 Å². The Morgan fingerprint density at radius 3 is 2.67 bits per heavy atom. The quantitative estimate of drug-likeness (QED) is 0.790. The van der Waals surface area contributed by atoms with Crippen molar-refractivity contribution in [3.05, 3.63) is 46.6 Å². The molecule has 1 atom stereocenters. The number of carbonyl (C=O) groups is 1. The van der Waals surface area contributed by atoms with Crippen molar-refractivity contribution in [2.45, 2.75) is 32.6 Å². The number of hydrogen-bond donors (Lipinski definition) is 0. The number of nitrogens with zero attached hydrogens (tertiary/aromatic N) is 2. The maximum atomic E-state index is 12.3. The Hall–Kier alpha value is -1.88. The highest BCUT2D eigenvalue weighted by Gasteiger charge is 2.32. The second-order valence-electron chi connectivity index (χ2n) is 4.85. The van der Waals surface area contributed by atoms with Crippen molar-refractivity contribution in [1.29, 1.82) is 0 Å². The lowest BCUT2D eigenvalue weighted by molar-refractivity contribution is -0.144. The fourth-order valence-electron chi connectivity index (χ4n) is 1.89. The molecule has 0 radical (unpaired) electrons. The average molecular weight is 309 g/mol. The monoisotopic (exact) mass is 308 g/mol. The van der Waals surface area contributed by atoms with E-state index >= 15 is 0 Å². The molecule has 0 aliphatic heterocycles. The number of esters is 1. The molecule has 6 heteroatoms. The van der Waals surface area contributed by atoms with Gasteiger partial charge in [0.1, 0.15) is 0 Å². The molecule has 1 aromatic carbocycles. The number of carbonyl (C=O) groups excluding carboxylic acids is 1. The zero-order valence-corrected chi connectivity index (χ0v) is 12.9. The molecule has 1 heterocycles. The highest BCUT2D eigenvalue weighted by Crippen LogP contribution is 2.31. The van der Waals surface area contributed by atoms with E-state index in [9.17, 15) is 4.79 Å². The summed E-state index contributed by atoms with van der Waals surface area (Å²) >= 11 is 6.18. The van der Waals surface area contributed by atoms with Crippen LogP contribution in [0.2, 0.25) is 5.02 Å². The average Bonchev–Trinajstić information content (AvgIpc) is 2.91. The van der Waals surface area contributed by atoms with Crippen LogP contribution >= 0.6 is 11.6 Å². The predicted octanol–water partition coefficient (Wildman–Crippen LogP) is 3.54. The predicted molar refractivity (Wildman–Crippen MR) is 78.3 cm³/mol. The van der Waals surface area contributed by atoms with Crippen molar-refractivity contribution in [1.82, 2.24) is 10.1 Å². The molecule has 0 saturated carbocycles. The smallest absolute Gasteiger partial charge is 0.323 e. The molecule has 0 spiro atoms. The molecule has 2 aromatic rings. The highest BCUT2D eigenvalue weighted by molar-refractivity contribution is 6.31. The largest absolute Gasteiger partial charge is 0.465 e. The number of halogens is 1. The van der Waals surface area contributed by atoms with E-state index in [0.717, 1.165) is 0 Å². The third kappa shape index (κ3) is 3.42. The van der Waals surface area contributed by atoms with Crippen LogP contribution in [0.5, 0.6) is 0 Å². The maximum absolute atomic E-state index is 12.3. The molecule has 2 rings (SSSR count). The number of aromatic nitrogens is 2. The van der Waals surface area contributed by atoms with E-state index in [1.165, 1.54) is 0 Å². The van der Waals surface area contributed by atoms with Gasteiger partial charge in [-0.15, -0.1) is 0 Å². The van der Waals surface area contributed by atoms with Gasteiger partial charge in [-0.3, -0.25) is 4.79 Å². The Morgan fingerprint density at radius 1 is 1.38 bits per heavy atom. The molecule has 21 heavy (non-hydrogen) atoms. The molecular weight excluding hydrogens is 292 g/mol. The molecule has 1 aromatic heterocycles. The van der Waals surface area contributed by atoms with Crippen molar-refractivity contribution in [2.75, 3.05) is 6.61 Å². The molecular formula is C15H17ClN2O3. The molecule has 0 fully saturated rings. The van der Waals surface area contributed by atoms with Gasteiger partial charge < -0.3 is 9.26 Å². The molecule has 1 unspecified atom stereocenters. The van der Waals surface area contributed by atoms with Crippen LogP contribution in [0, 0.1) is 0 Å². The Bertz CT molecular complexity index is 625. The summed E-state index contributed by atoms with van der Waals surface area (Å²) < 4.78 is 10.4. The van der Waals surface area contributed by atoms with E-state index in [1.54, 1.807) is 31.2 Å². The summed E-state index contributed by atoms with van der Waals surface area (Å²) in [5.41, 5.74) is 0.594. The van der Waals surface area contributed by atoms with Crippen LogP contribution < -0.4 is 0 Å². The van der Waals surface area contributed by atoms with E-state index in [0.29, 0.717) is 16.4 Å². The second kappa shape index (κ2) is 6.72. The van der Waals surface area contributed by atoms with Gasteiger partial charge in [-0.25, -0.2) is 0 Å². The van der Waals surface area contributed by atoms with Crippen LogP contribution in [0.15, 0.2) is 28.8 Å². The minimum absolute atomic E-state index is 0.108. The lowest BCUT2D eigenvalue weighted by Gasteiger charge is -2.13. The fourth-order valence-corrected chi connectivity index (χ4v) is 2.14. The summed E-state index contributed by atoms with van der Waals surface area (Å²) in [6.07, 6.45) is 0. The van der Waals surface area contributed by atoms with E-state index in [-0.39, 0.29) is 18.4 Å². The molecule has 0 saturated heterocycles. The maximum Gasteiger partial charge on any atom is 0.323 e. The van der Waals surface area contributed by atoms with E-state index in [4.69, 9.17) is 20.9 Å². The van der Waals surface area contributed by atoms with Crippen LogP contribution in [0.1, 0.15) is 49.9 Å². The standard InChI is InChI=1S/C15H17ClN2O3/c1-4-20-15(19)12(10-7-5-6-8-11(10)16)14-17-13(9(2)3)18-21-14/h5-9,12H,4H2,1-3H3. The first-order valence-electron chi connectivity index (χ1n) is 6.79. The van der Waals surface area contributed by atoms with Crippen molar-refractivity contribution in [3.8, 4) is 0 Å². The first kappa shape index (κ1) is 15.5. The number of rotatable bonds is 5. The minimum Gasteiger partial charge on any atom is -0.465 e. The molecule has 0 bridgehead atoms. The SMILES string of the molecule is CCOC(=O)C(c1nc(C(C)C)no1)c1ccccc1Cl. The van der Waals surface area contributed by atoms with Gasteiger partial charge in [-0.1, -0.05) is 48.8 Å². The summed E-state index contributed by atoms with van der Waals surface area (Å²) in [4.78, 5) is 16.6. The Labute approximate surface area is 128 Å². The Balaban J connectivity index is 2.45. The van der Waals surface area contributed by atoms with Gasteiger partial charge in [-0.05, 0) is 18.6 Å². The normalized spacial score (nSPS) is 12.4. The van der Waals surface area contributed by atoms with E-state index in [1.807, 2.05) is 13.8 Å². The van der Waals surface area contributed by atoms with Gasteiger partial charge in [0.2, 0.25) is 5.89 Å². The minimum atomic E-state index is -0.807. The summed E-state index contributed by atoms with van der Waals surface area (Å²) in [5, 5.41) is 4.36. The highest BCUT2D eigenvalue weighted by atomic mass is 35.5. The summed E-state index contributed by atoms with van der Waals surface area (Å²) in [6.45, 7) is 5.91. The zero-order chi connectivity index (χ0) is 15.4. The Morgan fingerprint density at radius 2 is 2.10 bits per heavy atom. The van der Waals surface area contributed by atoms with Gasteiger partial charge in [0, 0.05) is 10.9 Å². The van der Waals surface area contributed by atoms with E-state index < -0.39 is 11.9 Å². The molecule has 112 valence electrons. The first-order valence-corrected chi connectivity index (χ1v) is 7.17. The number of hydrogen-bond acceptors (Lipinski definition) is 5. The van der Waals surface area contributed by atoms with Gasteiger partial charge in [-0.2, -0.15) is 4.98 Å². The van der Waals surface area contributed by atoms with Crippen LogP contribution in [-0.2, 0) is 9.53 Å². The van der Waals surface area contributed by atoms with Gasteiger partial charge in [0.25, 0.3) is 0 Å². The Kier molecular flexibility index (Phi) is 4.96. The van der Waals surface area contributed by atoms with Gasteiger partial charge >= 0.3 is 5.97 Å². The van der Waals surface area contributed by atoms with Crippen molar-refractivity contribution < 1.29 is 14.1 Å². The zero-order valence-electron chi connectivity index (χ0n) is 12.2. The van der Waals surface area contributed by atoms with Crippen molar-refractivity contribution in [2.24, 2.45) is 0 Å². The number of ether oxygens (including phenoxy) is 1. The topological polar surface area (TPSA) is 65.2 Å². The number of benzene rings is 1. The molecule has 0 amide bonds. The third-order valence-corrected chi connectivity index (χ3v) is 3.30. The van der Waals surface area contributed by atoms with Crippen LogP contribution in [0.3, 0.4) is 0 Å². The molecule has 5 nitrogen and oxygen atoms in total. The first-order chi connectivity index (χ1) is 10.0. The summed E-state index contributed by atoms with van der Waals surface area (Å²) in [7, 11) is 0. The third-order valence-electron chi connectivity index (χ3n) is 2.96. The van der Waals surface area contributed by atoms with Crippen LogP contribution in [-0.4, -0.2) is 22.7 Å². The van der Waals surface area contributed by atoms with Gasteiger partial charge in [0.15, 0.2) is 11.7 Å². The second-order valence-corrected chi connectivity index (χ2v) is 5.26. The lowest BCUT2D eigenvalue weighted by Crippen LogP contribution is -2.18.